The molecule has 0 heterocycles. The van der Waals surface area contributed by atoms with E-state index < -0.39 is 46.2 Å². The Bertz CT molecular complexity index is 1500. The van der Waals surface area contributed by atoms with Crippen LogP contribution >= 0.6 is 23.2 Å². The van der Waals surface area contributed by atoms with E-state index in [0.29, 0.717) is 22.4 Å². The van der Waals surface area contributed by atoms with E-state index in [0.717, 1.165) is 23.1 Å². The molecule has 2 amide bonds. The Labute approximate surface area is 253 Å². The van der Waals surface area contributed by atoms with Gasteiger partial charge in [-0.2, -0.15) is 13.2 Å². The van der Waals surface area contributed by atoms with Crippen molar-refractivity contribution in [3.05, 3.63) is 94.0 Å². The largest absolute Gasteiger partial charge is 0.416 e. The number of anilines is 1. The monoisotopic (exact) mass is 643 g/mol. The van der Waals surface area contributed by atoms with Crippen molar-refractivity contribution < 1.29 is 31.2 Å². The molecule has 0 aliphatic carbocycles. The van der Waals surface area contributed by atoms with E-state index in [2.05, 4.69) is 5.32 Å². The number of benzene rings is 3. The summed E-state index contributed by atoms with van der Waals surface area (Å²) in [5, 5.41) is 3.21. The van der Waals surface area contributed by atoms with E-state index >= 15 is 0 Å². The number of alkyl halides is 3. The molecule has 0 unspecified atom stereocenters. The summed E-state index contributed by atoms with van der Waals surface area (Å²) in [6.07, 6.45) is -4.15. The number of amides is 2. The summed E-state index contributed by atoms with van der Waals surface area (Å²) in [7, 11) is -4.54. The van der Waals surface area contributed by atoms with Crippen LogP contribution < -0.4 is 9.62 Å². The van der Waals surface area contributed by atoms with Gasteiger partial charge < -0.3 is 10.2 Å². The highest BCUT2D eigenvalue weighted by Crippen LogP contribution is 2.34. The molecule has 13 heteroatoms. The van der Waals surface area contributed by atoms with Gasteiger partial charge in [-0.25, -0.2) is 8.42 Å². The fourth-order valence-corrected chi connectivity index (χ4v) is 5.93. The number of carbonyl (C=O) groups excluding carboxylic acids is 2. The topological polar surface area (TPSA) is 86.8 Å². The lowest BCUT2D eigenvalue weighted by molar-refractivity contribution is -0.139. The fourth-order valence-electron chi connectivity index (χ4n) is 3.99. The summed E-state index contributed by atoms with van der Waals surface area (Å²) < 4.78 is 68.8. The average molecular weight is 645 g/mol. The zero-order valence-electron chi connectivity index (χ0n) is 23.0. The third-order valence-corrected chi connectivity index (χ3v) is 9.13. The molecule has 7 nitrogen and oxygen atoms in total. The van der Waals surface area contributed by atoms with Crippen molar-refractivity contribution in [1.29, 1.82) is 0 Å². The highest BCUT2D eigenvalue weighted by atomic mass is 35.5. The average Bonchev–Trinajstić information content (AvgIpc) is 2.95. The van der Waals surface area contributed by atoms with Crippen LogP contribution in [0, 0.1) is 0 Å². The fraction of sp³-hybridized carbons (Fsp3) is 0.310. The maximum absolute atomic E-state index is 13.9. The zero-order chi connectivity index (χ0) is 31.2. The van der Waals surface area contributed by atoms with Gasteiger partial charge in [0.05, 0.1) is 16.1 Å². The number of hydrogen-bond acceptors (Lipinski definition) is 4. The van der Waals surface area contributed by atoms with Crippen LogP contribution in [0.3, 0.4) is 0 Å². The van der Waals surface area contributed by atoms with E-state index in [1.165, 1.54) is 31.2 Å². The van der Waals surface area contributed by atoms with E-state index in [1.807, 2.05) is 6.92 Å². The molecule has 42 heavy (non-hydrogen) atoms. The SMILES string of the molecule is CC[C@H](C)NC(=O)[C@@H](C)N(Cc1c(Cl)cccc1Cl)C(=O)CN(c1cccc(C(F)(F)F)c1)S(=O)(=O)c1ccccc1. The number of halogens is 5. The summed E-state index contributed by atoms with van der Waals surface area (Å²) in [5.41, 5.74) is -1.16. The lowest BCUT2D eigenvalue weighted by Crippen LogP contribution is -2.52. The second-order valence-electron chi connectivity index (χ2n) is 9.59. The van der Waals surface area contributed by atoms with Crippen LogP contribution in [0.15, 0.2) is 77.7 Å². The summed E-state index contributed by atoms with van der Waals surface area (Å²) >= 11 is 12.7. The van der Waals surface area contributed by atoms with Gasteiger partial charge in [0, 0.05) is 28.2 Å². The first-order valence-corrected chi connectivity index (χ1v) is 15.1. The molecule has 0 aromatic heterocycles. The van der Waals surface area contributed by atoms with Crippen LogP contribution in [-0.4, -0.2) is 43.8 Å². The first-order chi connectivity index (χ1) is 19.7. The van der Waals surface area contributed by atoms with Gasteiger partial charge in [0.1, 0.15) is 12.6 Å². The van der Waals surface area contributed by atoms with Crippen LogP contribution in [0.2, 0.25) is 10.0 Å². The molecule has 0 aliphatic rings. The Morgan fingerprint density at radius 1 is 0.929 bits per heavy atom. The third kappa shape index (κ3) is 7.96. The third-order valence-electron chi connectivity index (χ3n) is 6.63. The second kappa shape index (κ2) is 13.8. The highest BCUT2D eigenvalue weighted by Gasteiger charge is 2.35. The molecule has 3 aromatic rings. The van der Waals surface area contributed by atoms with Gasteiger partial charge in [0.15, 0.2) is 0 Å². The van der Waals surface area contributed by atoms with Crippen LogP contribution in [0.5, 0.6) is 0 Å². The molecule has 0 bridgehead atoms. The summed E-state index contributed by atoms with van der Waals surface area (Å²) in [6.45, 7) is 3.92. The Morgan fingerprint density at radius 3 is 2.10 bits per heavy atom. The zero-order valence-corrected chi connectivity index (χ0v) is 25.4. The number of nitrogens with zero attached hydrogens (tertiary/aromatic N) is 2. The quantitative estimate of drug-likeness (QED) is 0.257. The minimum absolute atomic E-state index is 0.210. The normalized spacial score (nSPS) is 13.2. The molecule has 1 N–H and O–H groups in total. The van der Waals surface area contributed by atoms with E-state index in [1.54, 1.807) is 31.2 Å². The molecule has 0 aliphatic heterocycles. The summed E-state index contributed by atoms with van der Waals surface area (Å²) in [4.78, 5) is 27.9. The Hall–Kier alpha value is -3.28. The van der Waals surface area contributed by atoms with Crippen LogP contribution in [0.4, 0.5) is 18.9 Å². The molecule has 2 atom stereocenters. The Morgan fingerprint density at radius 2 is 1.52 bits per heavy atom. The molecule has 0 radical (unpaired) electrons. The van der Waals surface area contributed by atoms with Crippen LogP contribution in [-0.2, 0) is 32.3 Å². The van der Waals surface area contributed by atoms with Gasteiger partial charge >= 0.3 is 6.18 Å². The maximum Gasteiger partial charge on any atom is 0.416 e. The van der Waals surface area contributed by atoms with Crippen LogP contribution in [0.25, 0.3) is 0 Å². The lowest BCUT2D eigenvalue weighted by Gasteiger charge is -2.33. The standard InChI is InChI=1S/C29H30Cl2F3N3O4S/c1-4-19(2)35-28(39)20(3)36(17-24-25(30)14-9-15-26(24)31)27(38)18-37(42(40,41)23-12-6-5-7-13-23)22-11-8-10-21(16-22)29(32,33)34/h5-16,19-20H,4,17-18H2,1-3H3,(H,35,39)/t19-,20+/m0/s1. The van der Waals surface area contributed by atoms with Crippen molar-refractivity contribution in [2.24, 2.45) is 0 Å². The van der Waals surface area contributed by atoms with E-state index in [9.17, 15) is 31.2 Å². The smallest absolute Gasteiger partial charge is 0.352 e. The van der Waals surface area contributed by atoms with Gasteiger partial charge in [0.25, 0.3) is 10.0 Å². The predicted octanol–water partition coefficient (Wildman–Crippen LogP) is 6.54. The van der Waals surface area contributed by atoms with Gasteiger partial charge in [-0.05, 0) is 62.7 Å². The van der Waals surface area contributed by atoms with Crippen molar-refractivity contribution in [3.63, 3.8) is 0 Å². The van der Waals surface area contributed by atoms with Gasteiger partial charge in [-0.1, -0.05) is 60.5 Å². The second-order valence-corrected chi connectivity index (χ2v) is 12.3. The van der Waals surface area contributed by atoms with Crippen molar-refractivity contribution in [1.82, 2.24) is 10.2 Å². The van der Waals surface area contributed by atoms with Gasteiger partial charge in [-0.15, -0.1) is 0 Å². The molecule has 3 aromatic carbocycles. The molecule has 0 fully saturated rings. The summed E-state index contributed by atoms with van der Waals surface area (Å²) in [6, 6.07) is 14.0. The van der Waals surface area contributed by atoms with E-state index in [-0.39, 0.29) is 33.2 Å². The van der Waals surface area contributed by atoms with Gasteiger partial charge in [-0.3, -0.25) is 13.9 Å². The van der Waals surface area contributed by atoms with Crippen LogP contribution in [0.1, 0.15) is 38.3 Å². The number of sulfonamides is 1. The molecule has 0 spiro atoms. The van der Waals surface area contributed by atoms with Crippen molar-refractivity contribution in [2.75, 3.05) is 10.8 Å². The first-order valence-electron chi connectivity index (χ1n) is 12.9. The molecule has 0 saturated heterocycles. The molecular formula is C29H30Cl2F3N3O4S. The Balaban J connectivity index is 2.11. The maximum atomic E-state index is 13.9. The predicted molar refractivity (Wildman–Crippen MR) is 157 cm³/mol. The lowest BCUT2D eigenvalue weighted by atomic mass is 10.1. The first kappa shape index (κ1) is 33.2. The molecule has 3 rings (SSSR count). The number of nitrogens with one attached hydrogen (secondary N) is 1. The molecule has 0 saturated carbocycles. The molecular weight excluding hydrogens is 614 g/mol. The summed E-state index contributed by atoms with van der Waals surface area (Å²) in [5.74, 6) is -1.38. The highest BCUT2D eigenvalue weighted by molar-refractivity contribution is 7.92. The van der Waals surface area contributed by atoms with Crippen molar-refractivity contribution in [2.45, 2.75) is 56.9 Å². The number of hydrogen-bond donors (Lipinski definition) is 1. The van der Waals surface area contributed by atoms with Gasteiger partial charge in [0.2, 0.25) is 11.8 Å². The van der Waals surface area contributed by atoms with Crippen molar-refractivity contribution >= 4 is 50.7 Å². The number of rotatable bonds is 11. The van der Waals surface area contributed by atoms with E-state index in [4.69, 9.17) is 23.2 Å². The number of carbonyl (C=O) groups is 2. The van der Waals surface area contributed by atoms with Crippen molar-refractivity contribution in [3.8, 4) is 0 Å². The molecule has 226 valence electrons. The minimum Gasteiger partial charge on any atom is -0.352 e. The Kier molecular flexibility index (Phi) is 10.9. The minimum atomic E-state index is -4.77.